The van der Waals surface area contributed by atoms with Gasteiger partial charge in [0.25, 0.3) is 0 Å². The molecule has 0 unspecified atom stereocenters. The predicted molar refractivity (Wildman–Crippen MR) is 80.0 cm³/mol. The van der Waals surface area contributed by atoms with Crippen LogP contribution in [0.2, 0.25) is 0 Å². The Morgan fingerprint density at radius 3 is 2.14 bits per heavy atom. The van der Waals surface area contributed by atoms with Gasteiger partial charge in [-0.15, -0.1) is 0 Å². The Hall–Kier alpha value is -2.48. The Morgan fingerprint density at radius 1 is 0.909 bits per heavy atom. The van der Waals surface area contributed by atoms with Crippen molar-refractivity contribution < 1.29 is 27.0 Å². The summed E-state index contributed by atoms with van der Waals surface area (Å²) in [7, 11) is -4.92. The first kappa shape index (κ1) is 15.9. The minimum Gasteiger partial charge on any atom is -0.726 e. The van der Waals surface area contributed by atoms with E-state index < -0.39 is 10.4 Å². The van der Waals surface area contributed by atoms with Crippen LogP contribution in [0.25, 0.3) is 22.3 Å². The number of phenolic OH excluding ortho intramolecular Hbond substituents is 1. The van der Waals surface area contributed by atoms with Crippen molar-refractivity contribution in [2.45, 2.75) is 0 Å². The molecule has 0 amide bonds. The molecule has 0 saturated heterocycles. The molecule has 0 radical (unpaired) electrons. The standard InChI is InChI=1S/C15H10O2.H2O4S/c16-13-8-5-12(6-9-13)15-10-7-11-3-1-2-4-14(11)17-15;1-5(2,3)4/h1-10H;(H2,1,2,3,4). The van der Waals surface area contributed by atoms with Crippen LogP contribution in [-0.2, 0) is 10.4 Å². The van der Waals surface area contributed by atoms with E-state index in [0.717, 1.165) is 22.3 Å². The van der Waals surface area contributed by atoms with Crippen LogP contribution in [0.4, 0.5) is 0 Å². The van der Waals surface area contributed by atoms with Crippen LogP contribution in [-0.4, -0.2) is 22.6 Å². The zero-order valence-corrected chi connectivity index (χ0v) is 12.0. The summed E-state index contributed by atoms with van der Waals surface area (Å²) >= 11 is 0. The Labute approximate surface area is 126 Å². The molecule has 0 fully saturated rings. The fraction of sp³-hybridized carbons (Fsp3) is 0. The second-order valence-corrected chi connectivity index (χ2v) is 5.17. The van der Waals surface area contributed by atoms with Crippen molar-refractivity contribution in [2.75, 3.05) is 0 Å². The Bertz CT molecular complexity index is 864. The number of hydrogen-bond acceptors (Lipinski definition) is 4. The molecule has 0 saturated carbocycles. The normalized spacial score (nSPS) is 10.8. The Kier molecular flexibility index (Phi) is 4.71. The summed E-state index contributed by atoms with van der Waals surface area (Å²) in [5.41, 5.74) is 1.81. The summed E-state index contributed by atoms with van der Waals surface area (Å²) in [6, 6.07) is 18.8. The van der Waals surface area contributed by atoms with Crippen molar-refractivity contribution >= 4 is 21.4 Å². The second-order valence-electron chi connectivity index (χ2n) is 4.31. The third-order valence-corrected chi connectivity index (χ3v) is 2.71. The van der Waals surface area contributed by atoms with Gasteiger partial charge in [-0.2, -0.15) is 0 Å². The van der Waals surface area contributed by atoms with E-state index in [1.807, 2.05) is 48.5 Å². The second kappa shape index (κ2) is 6.52. The highest BCUT2D eigenvalue weighted by Gasteiger charge is 2.13. The third-order valence-electron chi connectivity index (χ3n) is 2.71. The lowest BCUT2D eigenvalue weighted by Crippen LogP contribution is -1.90. The van der Waals surface area contributed by atoms with E-state index in [4.69, 9.17) is 21.9 Å². The van der Waals surface area contributed by atoms with Gasteiger partial charge in [-0.1, -0.05) is 12.1 Å². The van der Waals surface area contributed by atoms with E-state index in [9.17, 15) is 5.11 Å². The molecular formula is C15H12O6S. The first-order valence-corrected chi connectivity index (χ1v) is 7.49. The first-order valence-electron chi connectivity index (χ1n) is 6.12. The van der Waals surface area contributed by atoms with Crippen LogP contribution in [0.15, 0.2) is 65.1 Å². The van der Waals surface area contributed by atoms with E-state index in [1.54, 1.807) is 12.1 Å². The zero-order chi connectivity index (χ0) is 16.2. The molecule has 2 N–H and O–H groups in total. The fourth-order valence-corrected chi connectivity index (χ4v) is 1.81. The van der Waals surface area contributed by atoms with Gasteiger partial charge in [0.15, 0.2) is 0 Å². The fourth-order valence-electron chi connectivity index (χ4n) is 1.81. The summed E-state index contributed by atoms with van der Waals surface area (Å²) in [5, 5.41) is 10.3. The van der Waals surface area contributed by atoms with Gasteiger partial charge in [-0.3, -0.25) is 4.55 Å². The Morgan fingerprint density at radius 2 is 1.50 bits per heavy atom. The molecule has 2 aromatic carbocycles. The number of fused-ring (bicyclic) bond motifs is 1. The Balaban J connectivity index is 0.000000309. The van der Waals surface area contributed by atoms with Crippen molar-refractivity contribution in [2.24, 2.45) is 0 Å². The topological polar surface area (TPSA) is 109 Å². The smallest absolute Gasteiger partial charge is 0.360 e. The molecule has 1 aromatic heterocycles. The quantitative estimate of drug-likeness (QED) is 0.405. The molecule has 0 atom stereocenters. The maximum Gasteiger partial charge on any atom is 0.360 e. The van der Waals surface area contributed by atoms with Gasteiger partial charge >= 0.3 is 11.3 Å². The number of para-hydroxylation sites is 1. The average molecular weight is 320 g/mol. The maximum atomic E-state index is 9.24. The van der Waals surface area contributed by atoms with Crippen LogP contribution in [0, 0.1) is 0 Å². The van der Waals surface area contributed by atoms with Gasteiger partial charge in [0, 0.05) is 12.1 Å². The molecule has 6 nitrogen and oxygen atoms in total. The van der Waals surface area contributed by atoms with Crippen molar-refractivity contribution in [3.05, 3.63) is 60.7 Å². The highest BCUT2D eigenvalue weighted by atomic mass is 32.3. The summed E-state index contributed by atoms with van der Waals surface area (Å²) in [6.07, 6.45) is 0. The van der Waals surface area contributed by atoms with Crippen LogP contribution in [0.1, 0.15) is 0 Å². The molecule has 0 bridgehead atoms. The summed E-state index contributed by atoms with van der Waals surface area (Å²) < 4.78 is 38.6. The lowest BCUT2D eigenvalue weighted by Gasteiger charge is -1.94. The van der Waals surface area contributed by atoms with Gasteiger partial charge in [-0.25, -0.2) is 12.8 Å². The summed E-state index contributed by atoms with van der Waals surface area (Å²) in [4.78, 5) is 0. The number of aromatic hydroxyl groups is 1. The molecule has 0 aliphatic heterocycles. The molecule has 7 heteroatoms. The highest BCUT2D eigenvalue weighted by Crippen LogP contribution is 2.25. The minimum absolute atomic E-state index is 0.259. The lowest BCUT2D eigenvalue weighted by atomic mass is 10.1. The van der Waals surface area contributed by atoms with Crippen LogP contribution in [0.5, 0.6) is 5.75 Å². The molecule has 3 rings (SSSR count). The van der Waals surface area contributed by atoms with Gasteiger partial charge < -0.3 is 9.66 Å². The number of rotatable bonds is 1. The minimum atomic E-state index is -4.92. The van der Waals surface area contributed by atoms with Gasteiger partial charge in [0.1, 0.15) is 5.75 Å². The van der Waals surface area contributed by atoms with Crippen molar-refractivity contribution in [1.29, 1.82) is 0 Å². The molecule has 22 heavy (non-hydrogen) atoms. The first-order chi connectivity index (χ1) is 10.3. The van der Waals surface area contributed by atoms with Gasteiger partial charge in [0.2, 0.25) is 10.4 Å². The molecular weight excluding hydrogens is 308 g/mol. The third kappa shape index (κ3) is 4.81. The summed E-state index contributed by atoms with van der Waals surface area (Å²) in [5.74, 6) is 1.05. The van der Waals surface area contributed by atoms with Crippen molar-refractivity contribution in [3.8, 4) is 17.1 Å². The van der Waals surface area contributed by atoms with Crippen molar-refractivity contribution in [1.82, 2.24) is 0 Å². The van der Waals surface area contributed by atoms with E-state index in [2.05, 4.69) is 0 Å². The van der Waals surface area contributed by atoms with Crippen LogP contribution >= 0.6 is 0 Å². The largest absolute Gasteiger partial charge is 0.726 e. The lowest BCUT2D eigenvalue weighted by molar-refractivity contribution is 0.366. The number of hydrogen-bond donors (Lipinski definition) is 2. The average Bonchev–Trinajstić information content (AvgIpc) is 2.46. The predicted octanol–water partition coefficient (Wildman–Crippen LogP) is 3.09. The van der Waals surface area contributed by atoms with Gasteiger partial charge in [0.05, 0.1) is 10.9 Å². The molecule has 0 spiro atoms. The van der Waals surface area contributed by atoms with E-state index in [-0.39, 0.29) is 5.75 Å². The van der Waals surface area contributed by atoms with E-state index in [1.165, 1.54) is 0 Å². The molecule has 3 aromatic rings. The molecule has 114 valence electrons. The van der Waals surface area contributed by atoms with Crippen molar-refractivity contribution in [3.63, 3.8) is 0 Å². The number of benzene rings is 2. The molecule has 0 aliphatic carbocycles. The molecule has 0 aliphatic rings. The zero-order valence-electron chi connectivity index (χ0n) is 11.2. The van der Waals surface area contributed by atoms with Crippen LogP contribution < -0.4 is 0 Å². The maximum absolute atomic E-state index is 9.24. The SMILES string of the molecule is O=S(=O)([O-])O.Oc1ccc(-c2ccc3ccccc3[o+]2)cc1. The summed E-state index contributed by atoms with van der Waals surface area (Å²) in [6.45, 7) is 0. The van der Waals surface area contributed by atoms with E-state index in [0.29, 0.717) is 0 Å². The monoisotopic (exact) mass is 320 g/mol. The number of phenols is 1. The highest BCUT2D eigenvalue weighted by molar-refractivity contribution is 7.79. The van der Waals surface area contributed by atoms with Crippen LogP contribution in [0.3, 0.4) is 0 Å². The van der Waals surface area contributed by atoms with E-state index >= 15 is 0 Å². The molecule has 1 heterocycles. The van der Waals surface area contributed by atoms with Gasteiger partial charge in [-0.05, 0) is 36.4 Å².